The Bertz CT molecular complexity index is 1970. The van der Waals surface area contributed by atoms with Gasteiger partial charge in [0.05, 0.1) is 0 Å². The van der Waals surface area contributed by atoms with Crippen LogP contribution in [-0.4, -0.2) is 22.2 Å². The van der Waals surface area contributed by atoms with Gasteiger partial charge >= 0.3 is 11.9 Å². The first-order valence-electron chi connectivity index (χ1n) is 16.0. The van der Waals surface area contributed by atoms with Crippen LogP contribution in [-0.2, 0) is 9.59 Å². The maximum absolute atomic E-state index is 10.9. The zero-order chi connectivity index (χ0) is 34.9. The van der Waals surface area contributed by atoms with Crippen LogP contribution in [0.25, 0.3) is 36.5 Å². The molecule has 0 unspecified atom stereocenters. The fourth-order valence-electron chi connectivity index (χ4n) is 5.64. The van der Waals surface area contributed by atoms with E-state index in [4.69, 9.17) is 10.2 Å². The fourth-order valence-corrected chi connectivity index (χ4v) is 5.64. The van der Waals surface area contributed by atoms with Crippen molar-refractivity contribution < 1.29 is 19.8 Å². The van der Waals surface area contributed by atoms with Crippen LogP contribution in [0, 0.1) is 27.7 Å². The maximum atomic E-state index is 10.9. The number of hydrogen-bond donors (Lipinski definition) is 2. The van der Waals surface area contributed by atoms with Gasteiger partial charge in [0.25, 0.3) is 0 Å². The first-order valence-corrected chi connectivity index (χ1v) is 16.0. The zero-order valence-corrected chi connectivity index (χ0v) is 28.1. The number of nitrogens with zero attached hydrogens (tertiary/aromatic N) is 1. The minimum atomic E-state index is -0.961. The number of rotatable bonds is 11. The van der Waals surface area contributed by atoms with E-state index >= 15 is 0 Å². The van der Waals surface area contributed by atoms with E-state index in [1.54, 1.807) is 12.2 Å². The first-order chi connectivity index (χ1) is 23.5. The molecule has 0 atom stereocenters. The molecule has 5 aromatic rings. The van der Waals surface area contributed by atoms with Gasteiger partial charge < -0.3 is 15.1 Å². The van der Waals surface area contributed by atoms with Gasteiger partial charge in [-0.2, -0.15) is 0 Å². The molecule has 0 fully saturated rings. The van der Waals surface area contributed by atoms with Gasteiger partial charge in [0.15, 0.2) is 0 Å². The average molecular weight is 646 g/mol. The van der Waals surface area contributed by atoms with Crippen molar-refractivity contribution in [1.29, 1.82) is 0 Å². The molecular weight excluding hydrogens is 606 g/mol. The van der Waals surface area contributed by atoms with Crippen molar-refractivity contribution in [2.24, 2.45) is 0 Å². The largest absolute Gasteiger partial charge is 0.478 e. The predicted octanol–water partition coefficient (Wildman–Crippen LogP) is 10.9. The number of carbonyl (C=O) groups is 2. The van der Waals surface area contributed by atoms with Crippen molar-refractivity contribution in [1.82, 2.24) is 0 Å². The molecule has 0 amide bonds. The van der Waals surface area contributed by atoms with Crippen LogP contribution in [0.5, 0.6) is 0 Å². The van der Waals surface area contributed by atoms with Crippen LogP contribution < -0.4 is 4.90 Å². The minimum Gasteiger partial charge on any atom is -0.478 e. The summed E-state index contributed by atoms with van der Waals surface area (Å²) in [7, 11) is 0. The van der Waals surface area contributed by atoms with Crippen LogP contribution in [0.4, 0.5) is 17.1 Å². The number of hydrogen-bond acceptors (Lipinski definition) is 3. The smallest absolute Gasteiger partial charge is 0.328 e. The summed E-state index contributed by atoms with van der Waals surface area (Å²) >= 11 is 0. The summed E-state index contributed by atoms with van der Waals surface area (Å²) in [6.45, 7) is 8.19. The van der Waals surface area contributed by atoms with Crippen molar-refractivity contribution in [3.8, 4) is 0 Å². The van der Waals surface area contributed by atoms with Gasteiger partial charge in [0.2, 0.25) is 0 Å². The highest BCUT2D eigenvalue weighted by molar-refractivity contribution is 5.87. The lowest BCUT2D eigenvalue weighted by Gasteiger charge is -2.27. The topological polar surface area (TPSA) is 77.8 Å². The van der Waals surface area contributed by atoms with Gasteiger partial charge in [0, 0.05) is 29.2 Å². The van der Waals surface area contributed by atoms with E-state index in [1.807, 2.05) is 50.2 Å². The Hall–Kier alpha value is -6.20. The van der Waals surface area contributed by atoms with Gasteiger partial charge in [-0.1, -0.05) is 103 Å². The molecule has 0 aromatic heterocycles. The molecular formula is C44H39NO4. The molecule has 5 nitrogen and oxygen atoms in total. The Balaban J connectivity index is 1.37. The van der Waals surface area contributed by atoms with E-state index in [9.17, 15) is 9.59 Å². The summed E-state index contributed by atoms with van der Waals surface area (Å²) in [5, 5.41) is 17.8. The molecule has 0 spiro atoms. The van der Waals surface area contributed by atoms with E-state index in [0.29, 0.717) is 0 Å². The van der Waals surface area contributed by atoms with Gasteiger partial charge in [-0.15, -0.1) is 0 Å². The summed E-state index contributed by atoms with van der Waals surface area (Å²) in [5.41, 5.74) is 13.6. The van der Waals surface area contributed by atoms with Crippen molar-refractivity contribution in [2.75, 3.05) is 4.90 Å². The molecule has 0 aliphatic carbocycles. The summed E-state index contributed by atoms with van der Waals surface area (Å²) in [6, 6.07) is 35.4. The molecule has 0 aliphatic heterocycles. The second-order valence-corrected chi connectivity index (χ2v) is 12.1. The van der Waals surface area contributed by atoms with Crippen LogP contribution in [0.2, 0.25) is 0 Å². The Morgan fingerprint density at radius 2 is 0.878 bits per heavy atom. The third-order valence-electron chi connectivity index (χ3n) is 8.23. The Morgan fingerprint density at radius 3 is 1.27 bits per heavy atom. The van der Waals surface area contributed by atoms with E-state index in [2.05, 4.69) is 110 Å². The SMILES string of the molecule is Cc1ccc(N(c2ccc(C=Cc3ccc(C=CC(=O)O)c(C)c3)cc2)c2ccc(C=Cc3ccc(C=CC(=O)O)c(C)c3)cc2)c(C)c1. The standard InChI is InChI=1S/C44H39NO4/c1-30-5-24-42(33(4)27-30)45(40-20-12-34(13-21-40)6-8-36-10-16-38(31(2)28-36)18-25-43(46)47)41-22-14-35(15-23-41)7-9-37-11-17-39(32(3)29-37)19-26-44(48)49/h5-29H,1-4H3,(H,46,47)(H,48,49). The molecule has 0 heterocycles. The monoisotopic (exact) mass is 645 g/mol. The van der Waals surface area contributed by atoms with Crippen LogP contribution in [0.15, 0.2) is 115 Å². The predicted molar refractivity (Wildman–Crippen MR) is 204 cm³/mol. The summed E-state index contributed by atoms with van der Waals surface area (Å²) in [6.07, 6.45) is 13.8. The van der Waals surface area contributed by atoms with Crippen LogP contribution >= 0.6 is 0 Å². The van der Waals surface area contributed by atoms with Gasteiger partial charge in [0.1, 0.15) is 0 Å². The average Bonchev–Trinajstić information content (AvgIpc) is 3.07. The van der Waals surface area contributed by atoms with E-state index in [0.717, 1.165) is 73.7 Å². The normalized spacial score (nSPS) is 11.7. The van der Waals surface area contributed by atoms with E-state index in [-0.39, 0.29) is 0 Å². The number of aliphatic carboxylic acids is 2. The van der Waals surface area contributed by atoms with Crippen molar-refractivity contribution >= 4 is 65.5 Å². The lowest BCUT2D eigenvalue weighted by Crippen LogP contribution is -2.11. The first kappa shape index (κ1) is 34.1. The number of anilines is 3. The number of benzene rings is 5. The molecule has 5 rings (SSSR count). The van der Waals surface area contributed by atoms with Crippen molar-refractivity contribution in [3.05, 3.63) is 171 Å². The second kappa shape index (κ2) is 15.6. The maximum Gasteiger partial charge on any atom is 0.328 e. The lowest BCUT2D eigenvalue weighted by molar-refractivity contribution is -0.132. The van der Waals surface area contributed by atoms with Gasteiger partial charge in [-0.3, -0.25) is 0 Å². The molecule has 0 saturated heterocycles. The highest BCUT2D eigenvalue weighted by atomic mass is 16.4. The second-order valence-electron chi connectivity index (χ2n) is 12.1. The molecule has 2 N–H and O–H groups in total. The molecule has 0 aliphatic rings. The molecule has 5 heteroatoms. The van der Waals surface area contributed by atoms with E-state index in [1.165, 1.54) is 11.1 Å². The minimum absolute atomic E-state index is 0.883. The van der Waals surface area contributed by atoms with Crippen molar-refractivity contribution in [2.45, 2.75) is 27.7 Å². The fraction of sp³-hybridized carbons (Fsp3) is 0.0909. The van der Waals surface area contributed by atoms with Gasteiger partial charge in [-0.25, -0.2) is 9.59 Å². The highest BCUT2D eigenvalue weighted by Gasteiger charge is 2.14. The third-order valence-corrected chi connectivity index (χ3v) is 8.23. The zero-order valence-electron chi connectivity index (χ0n) is 28.1. The molecule has 0 bridgehead atoms. The van der Waals surface area contributed by atoms with Crippen LogP contribution in [0.1, 0.15) is 55.6 Å². The molecule has 0 saturated carbocycles. The third kappa shape index (κ3) is 9.21. The van der Waals surface area contributed by atoms with Crippen molar-refractivity contribution in [3.63, 3.8) is 0 Å². The number of aryl methyl sites for hydroxylation is 4. The Morgan fingerprint density at radius 1 is 0.469 bits per heavy atom. The summed E-state index contributed by atoms with van der Waals surface area (Å²) in [4.78, 5) is 24.0. The lowest BCUT2D eigenvalue weighted by atomic mass is 10.0. The molecule has 5 aromatic carbocycles. The van der Waals surface area contributed by atoms with Crippen LogP contribution in [0.3, 0.4) is 0 Å². The molecule has 244 valence electrons. The Kier molecular flexibility index (Phi) is 10.9. The van der Waals surface area contributed by atoms with E-state index < -0.39 is 11.9 Å². The quantitative estimate of drug-likeness (QED) is 0.110. The number of carboxylic acids is 2. The number of carboxylic acid groups (broad SMARTS) is 2. The summed E-state index contributed by atoms with van der Waals surface area (Å²) < 4.78 is 0. The Labute approximate surface area is 288 Å². The van der Waals surface area contributed by atoms with Gasteiger partial charge in [-0.05, 0) is 120 Å². The highest BCUT2D eigenvalue weighted by Crippen LogP contribution is 2.37. The molecule has 0 radical (unpaired) electrons. The molecule has 49 heavy (non-hydrogen) atoms. The summed E-state index contributed by atoms with van der Waals surface area (Å²) in [5.74, 6) is -1.92.